The highest BCUT2D eigenvalue weighted by Crippen LogP contribution is 2.33. The van der Waals surface area contributed by atoms with Gasteiger partial charge in [0.2, 0.25) is 12.7 Å². The summed E-state index contributed by atoms with van der Waals surface area (Å²) in [5.74, 6) is -0.235. The Morgan fingerprint density at radius 1 is 1.17 bits per heavy atom. The predicted octanol–water partition coefficient (Wildman–Crippen LogP) is 3.55. The Hall–Kier alpha value is -2.86. The molecule has 5 nitrogen and oxygen atoms in total. The summed E-state index contributed by atoms with van der Waals surface area (Å²) in [7, 11) is 0. The third kappa shape index (κ3) is 2.51. The predicted molar refractivity (Wildman–Crippen MR) is 84.6 cm³/mol. The Kier molecular flexibility index (Phi) is 3.46. The van der Waals surface area contributed by atoms with Crippen molar-refractivity contribution in [3.63, 3.8) is 0 Å². The standard InChI is InChI=1S/C17H9ClFNO4/c18-10-2-1-3-11(19)15(10)16-20-12(17(21)24-16)6-9-4-5-13-14(7-9)23-8-22-13/h1-7H,8H2. The number of rotatable bonds is 2. The van der Waals surface area contributed by atoms with E-state index in [1.165, 1.54) is 24.3 Å². The topological polar surface area (TPSA) is 57.1 Å². The molecule has 7 heteroatoms. The van der Waals surface area contributed by atoms with Gasteiger partial charge in [-0.05, 0) is 35.9 Å². The average Bonchev–Trinajstić information content (AvgIpc) is 3.14. The summed E-state index contributed by atoms with van der Waals surface area (Å²) in [6.45, 7) is 0.158. The minimum absolute atomic E-state index is 0.0402. The lowest BCUT2D eigenvalue weighted by Gasteiger charge is -2.03. The second-order valence-corrected chi connectivity index (χ2v) is 5.45. The maximum absolute atomic E-state index is 13.9. The van der Waals surface area contributed by atoms with E-state index in [2.05, 4.69) is 4.99 Å². The van der Waals surface area contributed by atoms with Crippen LogP contribution in [0.4, 0.5) is 4.39 Å². The van der Waals surface area contributed by atoms with Crippen LogP contribution in [-0.4, -0.2) is 18.7 Å². The van der Waals surface area contributed by atoms with E-state index in [1.807, 2.05) is 0 Å². The van der Waals surface area contributed by atoms with Crippen molar-refractivity contribution in [2.24, 2.45) is 4.99 Å². The second-order valence-electron chi connectivity index (χ2n) is 5.05. The van der Waals surface area contributed by atoms with E-state index in [0.717, 1.165) is 0 Å². The Morgan fingerprint density at radius 2 is 2.00 bits per heavy atom. The van der Waals surface area contributed by atoms with Crippen LogP contribution >= 0.6 is 11.6 Å². The molecule has 2 aromatic rings. The van der Waals surface area contributed by atoms with Crippen molar-refractivity contribution in [3.05, 3.63) is 64.1 Å². The molecule has 0 amide bonds. The highest BCUT2D eigenvalue weighted by molar-refractivity contribution is 6.34. The first kappa shape index (κ1) is 14.7. The van der Waals surface area contributed by atoms with E-state index in [1.54, 1.807) is 18.2 Å². The summed E-state index contributed by atoms with van der Waals surface area (Å²) in [6, 6.07) is 9.37. The SMILES string of the molecule is O=C1OC(c2c(F)cccc2Cl)=NC1=Cc1ccc2c(c1)OCO2. The van der Waals surface area contributed by atoms with Gasteiger partial charge in [-0.25, -0.2) is 14.2 Å². The summed E-state index contributed by atoms with van der Waals surface area (Å²) in [5.41, 5.74) is 0.681. The van der Waals surface area contributed by atoms with Gasteiger partial charge in [0.25, 0.3) is 0 Å². The molecule has 4 rings (SSSR count). The van der Waals surface area contributed by atoms with Crippen molar-refractivity contribution in [1.82, 2.24) is 0 Å². The van der Waals surface area contributed by atoms with Crippen LogP contribution in [0.25, 0.3) is 6.08 Å². The highest BCUT2D eigenvalue weighted by atomic mass is 35.5. The molecule has 2 heterocycles. The van der Waals surface area contributed by atoms with Crippen LogP contribution in [0.2, 0.25) is 5.02 Å². The fourth-order valence-corrected chi connectivity index (χ4v) is 2.62. The molecular weight excluding hydrogens is 337 g/mol. The number of halogens is 2. The molecule has 0 saturated heterocycles. The molecule has 2 aromatic carbocycles. The molecule has 0 saturated carbocycles. The Balaban J connectivity index is 1.71. The first-order valence-corrected chi connectivity index (χ1v) is 7.36. The first-order valence-electron chi connectivity index (χ1n) is 6.98. The Bertz CT molecular complexity index is 903. The normalized spacial score (nSPS) is 17.2. The average molecular weight is 346 g/mol. The van der Waals surface area contributed by atoms with Crippen LogP contribution < -0.4 is 9.47 Å². The summed E-state index contributed by atoms with van der Waals surface area (Å²) in [6.07, 6.45) is 1.52. The minimum atomic E-state index is -0.679. The van der Waals surface area contributed by atoms with Crippen molar-refractivity contribution in [3.8, 4) is 11.5 Å². The van der Waals surface area contributed by atoms with Crippen LogP contribution in [0.15, 0.2) is 47.1 Å². The molecule has 0 bridgehead atoms. The van der Waals surface area contributed by atoms with Crippen molar-refractivity contribution in [1.29, 1.82) is 0 Å². The van der Waals surface area contributed by atoms with E-state index in [4.69, 9.17) is 25.8 Å². The van der Waals surface area contributed by atoms with Gasteiger partial charge in [-0.3, -0.25) is 0 Å². The van der Waals surface area contributed by atoms with Gasteiger partial charge in [-0.1, -0.05) is 23.7 Å². The minimum Gasteiger partial charge on any atom is -0.454 e. The summed E-state index contributed by atoms with van der Waals surface area (Å²) < 4.78 is 29.5. The molecule has 0 N–H and O–H groups in total. The number of esters is 1. The van der Waals surface area contributed by atoms with Gasteiger partial charge in [-0.2, -0.15) is 0 Å². The molecular formula is C17H9ClFNO4. The molecule has 24 heavy (non-hydrogen) atoms. The number of carbonyl (C=O) groups is 1. The van der Waals surface area contributed by atoms with E-state index >= 15 is 0 Å². The van der Waals surface area contributed by atoms with Crippen molar-refractivity contribution >= 4 is 29.5 Å². The van der Waals surface area contributed by atoms with Gasteiger partial charge in [0.1, 0.15) is 5.82 Å². The second kappa shape index (κ2) is 5.65. The molecule has 0 atom stereocenters. The molecule has 0 unspecified atom stereocenters. The summed E-state index contributed by atoms with van der Waals surface area (Å²) in [4.78, 5) is 16.1. The zero-order valence-electron chi connectivity index (χ0n) is 12.1. The Morgan fingerprint density at radius 3 is 2.83 bits per heavy atom. The lowest BCUT2D eigenvalue weighted by atomic mass is 10.1. The smallest absolute Gasteiger partial charge is 0.363 e. The van der Waals surface area contributed by atoms with Crippen LogP contribution in [0.3, 0.4) is 0 Å². The number of cyclic esters (lactones) is 1. The number of hydrogen-bond acceptors (Lipinski definition) is 5. The fourth-order valence-electron chi connectivity index (χ4n) is 2.38. The molecule has 0 fully saturated rings. The van der Waals surface area contributed by atoms with Gasteiger partial charge in [-0.15, -0.1) is 0 Å². The zero-order chi connectivity index (χ0) is 16.7. The summed E-state index contributed by atoms with van der Waals surface area (Å²) in [5, 5.41) is 0.117. The number of ether oxygens (including phenoxy) is 3. The monoisotopic (exact) mass is 345 g/mol. The zero-order valence-corrected chi connectivity index (χ0v) is 12.8. The number of carbonyl (C=O) groups excluding carboxylic acids is 1. The fraction of sp³-hybridized carbons (Fsp3) is 0.0588. The van der Waals surface area contributed by atoms with E-state index in [0.29, 0.717) is 17.1 Å². The van der Waals surface area contributed by atoms with Crippen molar-refractivity contribution < 1.29 is 23.4 Å². The number of nitrogens with zero attached hydrogens (tertiary/aromatic N) is 1. The van der Waals surface area contributed by atoms with E-state index in [-0.39, 0.29) is 29.0 Å². The lowest BCUT2D eigenvalue weighted by Crippen LogP contribution is -2.08. The Labute approximate surface area is 140 Å². The van der Waals surface area contributed by atoms with Crippen molar-refractivity contribution in [2.75, 3.05) is 6.79 Å². The molecule has 2 aliphatic rings. The van der Waals surface area contributed by atoms with E-state index in [9.17, 15) is 9.18 Å². The molecule has 2 aliphatic heterocycles. The van der Waals surface area contributed by atoms with Crippen molar-refractivity contribution in [2.45, 2.75) is 0 Å². The largest absolute Gasteiger partial charge is 0.454 e. The maximum Gasteiger partial charge on any atom is 0.363 e. The number of hydrogen-bond donors (Lipinski definition) is 0. The molecule has 0 aromatic heterocycles. The van der Waals surface area contributed by atoms with Gasteiger partial charge >= 0.3 is 5.97 Å². The maximum atomic E-state index is 13.9. The highest BCUT2D eigenvalue weighted by Gasteiger charge is 2.28. The first-order chi connectivity index (χ1) is 11.6. The van der Waals surface area contributed by atoms with Gasteiger partial charge < -0.3 is 14.2 Å². The molecule has 0 aliphatic carbocycles. The molecule has 0 radical (unpaired) electrons. The summed E-state index contributed by atoms with van der Waals surface area (Å²) >= 11 is 5.97. The van der Waals surface area contributed by atoms with Gasteiger partial charge in [0, 0.05) is 0 Å². The quantitative estimate of drug-likeness (QED) is 0.617. The molecule has 0 spiro atoms. The molecule has 120 valence electrons. The van der Waals surface area contributed by atoms with Crippen LogP contribution in [0.5, 0.6) is 11.5 Å². The van der Waals surface area contributed by atoms with Crippen LogP contribution in [0, 0.1) is 5.82 Å². The third-order valence-corrected chi connectivity index (χ3v) is 3.81. The van der Waals surface area contributed by atoms with E-state index < -0.39 is 11.8 Å². The number of aliphatic imine (C=N–C) groups is 1. The van der Waals surface area contributed by atoms with Crippen LogP contribution in [0.1, 0.15) is 11.1 Å². The lowest BCUT2D eigenvalue weighted by molar-refractivity contribution is -0.129. The number of benzene rings is 2. The van der Waals surface area contributed by atoms with Gasteiger partial charge in [0.15, 0.2) is 17.2 Å². The third-order valence-electron chi connectivity index (χ3n) is 3.50. The number of fused-ring (bicyclic) bond motifs is 1. The van der Waals surface area contributed by atoms with Crippen LogP contribution in [-0.2, 0) is 9.53 Å². The van der Waals surface area contributed by atoms with Gasteiger partial charge in [0.05, 0.1) is 10.6 Å².